The molecule has 0 aliphatic rings. The van der Waals surface area contributed by atoms with Gasteiger partial charge in [0.25, 0.3) is 0 Å². The molecule has 0 bridgehead atoms. The minimum atomic E-state index is 1.19. The SMILES string of the molecule is Cc1csc2c(-c3ccccc3)cnn12. The van der Waals surface area contributed by atoms with Crippen LogP contribution < -0.4 is 0 Å². The second-order valence-electron chi connectivity index (χ2n) is 3.52. The zero-order chi connectivity index (χ0) is 10.3. The zero-order valence-electron chi connectivity index (χ0n) is 8.34. The van der Waals surface area contributed by atoms with Gasteiger partial charge in [0.2, 0.25) is 0 Å². The van der Waals surface area contributed by atoms with Gasteiger partial charge in [0, 0.05) is 10.9 Å². The van der Waals surface area contributed by atoms with Gasteiger partial charge < -0.3 is 0 Å². The molecule has 0 aliphatic heterocycles. The first-order valence-corrected chi connectivity index (χ1v) is 5.71. The van der Waals surface area contributed by atoms with Gasteiger partial charge in [0.05, 0.1) is 11.9 Å². The van der Waals surface area contributed by atoms with Gasteiger partial charge in [-0.2, -0.15) is 5.10 Å². The molecule has 1 aromatic carbocycles. The number of benzene rings is 1. The smallest absolute Gasteiger partial charge is 0.127 e. The van der Waals surface area contributed by atoms with Crippen molar-refractivity contribution >= 4 is 16.2 Å². The van der Waals surface area contributed by atoms with Crippen LogP contribution in [0.25, 0.3) is 16.0 Å². The fourth-order valence-electron chi connectivity index (χ4n) is 1.71. The van der Waals surface area contributed by atoms with E-state index >= 15 is 0 Å². The maximum Gasteiger partial charge on any atom is 0.127 e. The number of nitrogens with zero attached hydrogens (tertiary/aromatic N) is 2. The van der Waals surface area contributed by atoms with Crippen LogP contribution in [0.5, 0.6) is 0 Å². The number of aromatic nitrogens is 2. The molecule has 0 amide bonds. The van der Waals surface area contributed by atoms with Gasteiger partial charge in [0.15, 0.2) is 0 Å². The fourth-order valence-corrected chi connectivity index (χ4v) is 2.68. The molecular weight excluding hydrogens is 204 g/mol. The summed E-state index contributed by atoms with van der Waals surface area (Å²) in [5.41, 5.74) is 3.64. The van der Waals surface area contributed by atoms with Crippen LogP contribution in [0.4, 0.5) is 0 Å². The van der Waals surface area contributed by atoms with Crippen LogP contribution in [-0.2, 0) is 0 Å². The molecule has 0 unspecified atom stereocenters. The number of fused-ring (bicyclic) bond motifs is 1. The van der Waals surface area contributed by atoms with E-state index in [1.165, 1.54) is 21.7 Å². The predicted octanol–water partition coefficient (Wildman–Crippen LogP) is 3.37. The first kappa shape index (κ1) is 8.68. The second-order valence-corrected chi connectivity index (χ2v) is 4.38. The number of aryl methyl sites for hydroxylation is 1. The Kier molecular flexibility index (Phi) is 1.86. The molecule has 0 saturated heterocycles. The average molecular weight is 214 g/mol. The van der Waals surface area contributed by atoms with E-state index in [0.717, 1.165) is 0 Å². The summed E-state index contributed by atoms with van der Waals surface area (Å²) >= 11 is 1.74. The average Bonchev–Trinajstić information content (AvgIpc) is 2.83. The van der Waals surface area contributed by atoms with Gasteiger partial charge >= 0.3 is 0 Å². The third-order valence-corrected chi connectivity index (χ3v) is 3.56. The Bertz CT molecular complexity index is 592. The maximum atomic E-state index is 4.38. The largest absolute Gasteiger partial charge is 0.227 e. The summed E-state index contributed by atoms with van der Waals surface area (Å²) in [5.74, 6) is 0. The molecule has 0 spiro atoms. The number of thiazole rings is 1. The predicted molar refractivity (Wildman–Crippen MR) is 63.2 cm³/mol. The first-order valence-electron chi connectivity index (χ1n) is 4.83. The molecule has 3 heteroatoms. The van der Waals surface area contributed by atoms with Crippen LogP contribution >= 0.6 is 11.3 Å². The molecule has 74 valence electrons. The topological polar surface area (TPSA) is 17.3 Å². The highest BCUT2D eigenvalue weighted by molar-refractivity contribution is 7.16. The van der Waals surface area contributed by atoms with Gasteiger partial charge in [-0.1, -0.05) is 30.3 Å². The van der Waals surface area contributed by atoms with Crippen molar-refractivity contribution in [1.29, 1.82) is 0 Å². The summed E-state index contributed by atoms with van der Waals surface area (Å²) in [4.78, 5) is 1.22. The Labute approximate surface area is 91.8 Å². The van der Waals surface area contributed by atoms with Crippen LogP contribution in [-0.4, -0.2) is 9.61 Å². The second kappa shape index (κ2) is 3.21. The molecule has 3 rings (SSSR count). The van der Waals surface area contributed by atoms with Crippen molar-refractivity contribution in [3.8, 4) is 11.1 Å². The molecule has 2 nitrogen and oxygen atoms in total. The van der Waals surface area contributed by atoms with E-state index in [0.29, 0.717) is 0 Å². The van der Waals surface area contributed by atoms with Gasteiger partial charge in [-0.3, -0.25) is 0 Å². The van der Waals surface area contributed by atoms with Crippen molar-refractivity contribution in [3.05, 3.63) is 47.6 Å². The molecule has 0 atom stereocenters. The minimum absolute atomic E-state index is 1.19. The molecule has 0 saturated carbocycles. The highest BCUT2D eigenvalue weighted by Crippen LogP contribution is 2.28. The fraction of sp³-hybridized carbons (Fsp3) is 0.0833. The van der Waals surface area contributed by atoms with E-state index in [4.69, 9.17) is 0 Å². The third kappa shape index (κ3) is 1.27. The third-order valence-electron chi connectivity index (χ3n) is 2.49. The standard InChI is InChI=1S/C12H10N2S/c1-9-8-15-12-11(7-13-14(9)12)10-5-3-2-4-6-10/h2-8H,1H3. The molecule has 15 heavy (non-hydrogen) atoms. The molecule has 0 aliphatic carbocycles. The van der Waals surface area contributed by atoms with Crippen molar-refractivity contribution in [2.24, 2.45) is 0 Å². The Balaban J connectivity index is 2.28. The van der Waals surface area contributed by atoms with Crippen molar-refractivity contribution in [1.82, 2.24) is 9.61 Å². The van der Waals surface area contributed by atoms with Crippen molar-refractivity contribution in [2.75, 3.05) is 0 Å². The zero-order valence-corrected chi connectivity index (χ0v) is 9.16. The van der Waals surface area contributed by atoms with Crippen molar-refractivity contribution in [3.63, 3.8) is 0 Å². The lowest BCUT2D eigenvalue weighted by Gasteiger charge is -1.94. The molecule has 3 aromatic rings. The molecule has 2 heterocycles. The summed E-state index contributed by atoms with van der Waals surface area (Å²) in [5, 5.41) is 6.52. The summed E-state index contributed by atoms with van der Waals surface area (Å²) < 4.78 is 1.99. The van der Waals surface area contributed by atoms with Crippen molar-refractivity contribution < 1.29 is 0 Å². The van der Waals surface area contributed by atoms with E-state index in [-0.39, 0.29) is 0 Å². The lowest BCUT2D eigenvalue weighted by atomic mass is 10.1. The van der Waals surface area contributed by atoms with E-state index in [1.807, 2.05) is 16.8 Å². The molecule has 0 N–H and O–H groups in total. The van der Waals surface area contributed by atoms with E-state index < -0.39 is 0 Å². The summed E-state index contributed by atoms with van der Waals surface area (Å²) in [7, 11) is 0. The maximum absolute atomic E-state index is 4.38. The van der Waals surface area contributed by atoms with Gasteiger partial charge in [-0.25, -0.2) is 4.52 Å². The van der Waals surface area contributed by atoms with Crippen LogP contribution in [0.15, 0.2) is 41.9 Å². The monoisotopic (exact) mass is 214 g/mol. The highest BCUT2D eigenvalue weighted by atomic mass is 32.1. The lowest BCUT2D eigenvalue weighted by molar-refractivity contribution is 0.932. The Morgan fingerprint density at radius 3 is 2.80 bits per heavy atom. The Morgan fingerprint density at radius 1 is 1.20 bits per heavy atom. The lowest BCUT2D eigenvalue weighted by Crippen LogP contribution is -1.83. The molecule has 0 radical (unpaired) electrons. The van der Waals surface area contributed by atoms with Gasteiger partial charge in [-0.05, 0) is 12.5 Å². The van der Waals surface area contributed by atoms with Crippen molar-refractivity contribution in [2.45, 2.75) is 6.92 Å². The number of hydrogen-bond donors (Lipinski definition) is 0. The summed E-state index contributed by atoms with van der Waals surface area (Å²) in [6.07, 6.45) is 1.94. The van der Waals surface area contributed by atoms with E-state index in [9.17, 15) is 0 Å². The molecule has 0 fully saturated rings. The highest BCUT2D eigenvalue weighted by Gasteiger charge is 2.08. The van der Waals surface area contributed by atoms with E-state index in [1.54, 1.807) is 11.3 Å². The normalized spacial score (nSPS) is 11.0. The Morgan fingerprint density at radius 2 is 2.00 bits per heavy atom. The van der Waals surface area contributed by atoms with E-state index in [2.05, 4.69) is 41.7 Å². The summed E-state index contributed by atoms with van der Waals surface area (Å²) in [6, 6.07) is 10.4. The number of rotatable bonds is 1. The molecular formula is C12H10N2S. The van der Waals surface area contributed by atoms with Gasteiger partial charge in [-0.15, -0.1) is 11.3 Å². The van der Waals surface area contributed by atoms with Crippen LogP contribution in [0, 0.1) is 6.92 Å². The van der Waals surface area contributed by atoms with Crippen LogP contribution in [0.3, 0.4) is 0 Å². The molecule has 2 aromatic heterocycles. The number of hydrogen-bond acceptors (Lipinski definition) is 2. The first-order chi connectivity index (χ1) is 7.36. The minimum Gasteiger partial charge on any atom is -0.227 e. The van der Waals surface area contributed by atoms with Crippen LogP contribution in [0.1, 0.15) is 5.69 Å². The summed E-state index contributed by atoms with van der Waals surface area (Å²) in [6.45, 7) is 2.07. The quantitative estimate of drug-likeness (QED) is 0.607. The van der Waals surface area contributed by atoms with Gasteiger partial charge in [0.1, 0.15) is 4.83 Å². The Hall–Kier alpha value is -1.61. The van der Waals surface area contributed by atoms with Crippen LogP contribution in [0.2, 0.25) is 0 Å².